The molecule has 1 heterocycles. The molecule has 0 amide bonds. The average Bonchev–Trinajstić information content (AvgIpc) is 2.33. The minimum Gasteiger partial charge on any atom is -0.314 e. The van der Waals surface area contributed by atoms with Gasteiger partial charge >= 0.3 is 0 Å². The molecule has 1 saturated heterocycles. The van der Waals surface area contributed by atoms with Crippen LogP contribution in [0.25, 0.3) is 0 Å². The zero-order valence-corrected chi connectivity index (χ0v) is 10.7. The van der Waals surface area contributed by atoms with Crippen molar-refractivity contribution in [2.24, 2.45) is 0 Å². The lowest BCUT2D eigenvalue weighted by molar-refractivity contribution is 0.146. The number of piperidine rings is 1. The number of benzene rings is 1. The van der Waals surface area contributed by atoms with Gasteiger partial charge in [-0.3, -0.25) is 4.90 Å². The van der Waals surface area contributed by atoms with E-state index in [1.807, 2.05) is 13.1 Å². The molecule has 0 aromatic heterocycles. The fraction of sp³-hybridized carbons (Fsp3) is 0.571. The van der Waals surface area contributed by atoms with Crippen molar-refractivity contribution in [1.29, 1.82) is 0 Å². The van der Waals surface area contributed by atoms with E-state index >= 15 is 0 Å². The first-order valence-electron chi connectivity index (χ1n) is 6.27. The first-order valence-corrected chi connectivity index (χ1v) is 6.27. The first kappa shape index (κ1) is 12.5. The third-order valence-electron chi connectivity index (χ3n) is 3.86. The number of hydrogen-bond donors (Lipinski definition) is 1. The van der Waals surface area contributed by atoms with Crippen LogP contribution in [0.2, 0.25) is 0 Å². The van der Waals surface area contributed by atoms with Crippen molar-refractivity contribution in [2.45, 2.75) is 31.8 Å². The summed E-state index contributed by atoms with van der Waals surface area (Å²) in [5, 5.41) is 3.39. The zero-order chi connectivity index (χ0) is 12.3. The summed E-state index contributed by atoms with van der Waals surface area (Å²) >= 11 is 0. The van der Waals surface area contributed by atoms with Crippen molar-refractivity contribution in [3.63, 3.8) is 0 Å². The number of rotatable bonds is 3. The average molecular weight is 236 g/mol. The predicted octanol–water partition coefficient (Wildman–Crippen LogP) is 2.40. The van der Waals surface area contributed by atoms with Crippen LogP contribution in [-0.4, -0.2) is 30.6 Å². The van der Waals surface area contributed by atoms with Crippen molar-refractivity contribution < 1.29 is 4.39 Å². The van der Waals surface area contributed by atoms with Crippen molar-refractivity contribution >= 4 is 0 Å². The lowest BCUT2D eigenvalue weighted by atomic mass is 9.90. The fourth-order valence-electron chi connectivity index (χ4n) is 2.35. The Morgan fingerprint density at radius 2 is 2.06 bits per heavy atom. The zero-order valence-electron chi connectivity index (χ0n) is 10.7. The van der Waals surface area contributed by atoms with Crippen molar-refractivity contribution in [2.75, 3.05) is 20.1 Å². The van der Waals surface area contributed by atoms with Crippen LogP contribution in [0.5, 0.6) is 0 Å². The Labute approximate surface area is 103 Å². The van der Waals surface area contributed by atoms with E-state index in [9.17, 15) is 4.39 Å². The minimum absolute atomic E-state index is 0.139. The summed E-state index contributed by atoms with van der Waals surface area (Å²) < 4.78 is 13.1. The van der Waals surface area contributed by atoms with E-state index in [2.05, 4.69) is 17.1 Å². The second-order valence-corrected chi connectivity index (χ2v) is 5.22. The Hall–Kier alpha value is -0.930. The van der Waals surface area contributed by atoms with E-state index < -0.39 is 0 Å². The molecule has 94 valence electrons. The highest BCUT2D eigenvalue weighted by molar-refractivity contribution is 5.16. The Balaban J connectivity index is 1.90. The standard InChI is InChI=1S/C14H21FN2/c1-14(16-2)6-8-17(9-7-14)11-12-4-3-5-13(15)10-12/h3-5,10,16H,6-9,11H2,1-2H3. The predicted molar refractivity (Wildman–Crippen MR) is 68.4 cm³/mol. The lowest BCUT2D eigenvalue weighted by Gasteiger charge is -2.39. The molecule has 3 heteroatoms. The summed E-state index contributed by atoms with van der Waals surface area (Å²) in [5.41, 5.74) is 1.34. The van der Waals surface area contributed by atoms with E-state index in [4.69, 9.17) is 0 Å². The van der Waals surface area contributed by atoms with Gasteiger partial charge in [0, 0.05) is 25.2 Å². The van der Waals surface area contributed by atoms with Crippen molar-refractivity contribution in [3.05, 3.63) is 35.6 Å². The summed E-state index contributed by atoms with van der Waals surface area (Å²) in [7, 11) is 2.03. The maximum absolute atomic E-state index is 13.1. The highest BCUT2D eigenvalue weighted by atomic mass is 19.1. The summed E-state index contributed by atoms with van der Waals surface area (Å²) in [4.78, 5) is 2.40. The van der Waals surface area contributed by atoms with Crippen LogP contribution < -0.4 is 5.32 Å². The Kier molecular flexibility index (Phi) is 3.79. The quantitative estimate of drug-likeness (QED) is 0.867. The van der Waals surface area contributed by atoms with Crippen LogP contribution >= 0.6 is 0 Å². The third kappa shape index (κ3) is 3.27. The second kappa shape index (κ2) is 5.15. The molecule has 1 aromatic rings. The van der Waals surface area contributed by atoms with Gasteiger partial charge in [-0.2, -0.15) is 0 Å². The van der Waals surface area contributed by atoms with Gasteiger partial charge in [-0.15, -0.1) is 0 Å². The Morgan fingerprint density at radius 3 is 2.65 bits per heavy atom. The molecule has 1 N–H and O–H groups in total. The molecule has 0 aliphatic carbocycles. The minimum atomic E-state index is -0.139. The van der Waals surface area contributed by atoms with Crippen LogP contribution in [0.4, 0.5) is 4.39 Å². The topological polar surface area (TPSA) is 15.3 Å². The maximum atomic E-state index is 13.1. The van der Waals surface area contributed by atoms with Gasteiger partial charge in [-0.05, 0) is 44.5 Å². The monoisotopic (exact) mass is 236 g/mol. The van der Waals surface area contributed by atoms with Crippen molar-refractivity contribution in [3.8, 4) is 0 Å². The van der Waals surface area contributed by atoms with Crippen LogP contribution in [0, 0.1) is 5.82 Å². The number of nitrogens with zero attached hydrogens (tertiary/aromatic N) is 1. The van der Waals surface area contributed by atoms with Crippen LogP contribution in [-0.2, 0) is 6.54 Å². The van der Waals surface area contributed by atoms with E-state index in [0.717, 1.165) is 38.0 Å². The van der Waals surface area contributed by atoms with Gasteiger partial charge in [0.15, 0.2) is 0 Å². The molecule has 2 rings (SSSR count). The molecule has 1 fully saturated rings. The molecule has 17 heavy (non-hydrogen) atoms. The van der Waals surface area contributed by atoms with Gasteiger partial charge < -0.3 is 5.32 Å². The van der Waals surface area contributed by atoms with Crippen LogP contribution in [0.3, 0.4) is 0 Å². The molecule has 1 aliphatic heterocycles. The number of hydrogen-bond acceptors (Lipinski definition) is 2. The molecule has 0 bridgehead atoms. The second-order valence-electron chi connectivity index (χ2n) is 5.22. The van der Waals surface area contributed by atoms with E-state index in [1.165, 1.54) is 6.07 Å². The number of likely N-dealkylation sites (tertiary alicyclic amines) is 1. The van der Waals surface area contributed by atoms with Gasteiger partial charge in [0.2, 0.25) is 0 Å². The Bertz CT molecular complexity index is 370. The van der Waals surface area contributed by atoms with E-state index in [0.29, 0.717) is 0 Å². The van der Waals surface area contributed by atoms with Gasteiger partial charge in [-0.25, -0.2) is 4.39 Å². The van der Waals surface area contributed by atoms with E-state index in [-0.39, 0.29) is 11.4 Å². The van der Waals surface area contributed by atoms with E-state index in [1.54, 1.807) is 12.1 Å². The molecular weight excluding hydrogens is 215 g/mol. The van der Waals surface area contributed by atoms with Crippen LogP contribution in [0.1, 0.15) is 25.3 Å². The number of nitrogens with one attached hydrogen (secondary N) is 1. The van der Waals surface area contributed by atoms with Gasteiger partial charge in [0.05, 0.1) is 0 Å². The summed E-state index contributed by atoms with van der Waals surface area (Å²) in [6.07, 6.45) is 2.30. The Morgan fingerprint density at radius 1 is 1.35 bits per heavy atom. The molecule has 0 spiro atoms. The largest absolute Gasteiger partial charge is 0.314 e. The summed E-state index contributed by atoms with van der Waals surface area (Å²) in [5.74, 6) is -0.139. The van der Waals surface area contributed by atoms with Gasteiger partial charge in [0.25, 0.3) is 0 Å². The summed E-state index contributed by atoms with van der Waals surface area (Å²) in [6.45, 7) is 5.28. The normalized spacial score (nSPS) is 20.4. The molecule has 1 aromatic carbocycles. The first-order chi connectivity index (χ1) is 8.11. The van der Waals surface area contributed by atoms with Gasteiger partial charge in [-0.1, -0.05) is 12.1 Å². The SMILES string of the molecule is CNC1(C)CCN(Cc2cccc(F)c2)CC1. The highest BCUT2D eigenvalue weighted by Gasteiger charge is 2.27. The molecule has 0 radical (unpaired) electrons. The molecule has 2 nitrogen and oxygen atoms in total. The van der Waals surface area contributed by atoms with Gasteiger partial charge in [0.1, 0.15) is 5.82 Å². The van der Waals surface area contributed by atoms with Crippen molar-refractivity contribution in [1.82, 2.24) is 10.2 Å². The molecule has 1 aliphatic rings. The smallest absolute Gasteiger partial charge is 0.123 e. The molecular formula is C14H21FN2. The maximum Gasteiger partial charge on any atom is 0.123 e. The van der Waals surface area contributed by atoms with Crippen LogP contribution in [0.15, 0.2) is 24.3 Å². The number of halogens is 1. The highest BCUT2D eigenvalue weighted by Crippen LogP contribution is 2.22. The third-order valence-corrected chi connectivity index (χ3v) is 3.86. The molecule has 0 unspecified atom stereocenters. The molecule has 0 atom stereocenters. The summed E-state index contributed by atoms with van der Waals surface area (Å²) in [6, 6.07) is 6.91. The molecule has 0 saturated carbocycles. The fourth-order valence-corrected chi connectivity index (χ4v) is 2.35. The lowest BCUT2D eigenvalue weighted by Crippen LogP contribution is -2.49.